The van der Waals surface area contributed by atoms with Gasteiger partial charge in [0.2, 0.25) is 5.16 Å². The molecule has 0 unspecified atom stereocenters. The number of aromatic nitrogens is 6. The van der Waals surface area contributed by atoms with Gasteiger partial charge in [0.05, 0.1) is 11.4 Å². The summed E-state index contributed by atoms with van der Waals surface area (Å²) in [5, 5.41) is 19.2. The second kappa shape index (κ2) is 7.61. The Kier molecular flexibility index (Phi) is 4.85. The molecule has 2 aromatic heterocycles. The molecule has 4 aromatic rings. The first-order valence-electron chi connectivity index (χ1n) is 8.20. The molecule has 28 heavy (non-hydrogen) atoms. The van der Waals surface area contributed by atoms with Crippen molar-refractivity contribution in [3.63, 3.8) is 0 Å². The maximum atomic E-state index is 13.4. The van der Waals surface area contributed by atoms with Crippen LogP contribution in [0.5, 0.6) is 0 Å². The van der Waals surface area contributed by atoms with Crippen molar-refractivity contribution < 1.29 is 9.18 Å². The fourth-order valence-electron chi connectivity index (χ4n) is 2.59. The number of carbonyl (C=O) groups excluding carboxylic acids is 1. The van der Waals surface area contributed by atoms with Gasteiger partial charge in [0.15, 0.2) is 5.69 Å². The fourth-order valence-corrected chi connectivity index (χ4v) is 3.02. The lowest BCUT2D eigenvalue weighted by molar-refractivity contribution is 0.102. The number of benzene rings is 2. The first kappa shape index (κ1) is 17.9. The Morgan fingerprint density at radius 1 is 1.11 bits per heavy atom. The van der Waals surface area contributed by atoms with E-state index in [0.717, 1.165) is 5.69 Å². The molecule has 1 amide bonds. The number of thioether (sulfide) groups is 1. The van der Waals surface area contributed by atoms with Crippen molar-refractivity contribution in [2.24, 2.45) is 0 Å². The Morgan fingerprint density at radius 3 is 2.75 bits per heavy atom. The lowest BCUT2D eigenvalue weighted by Gasteiger charge is -2.07. The van der Waals surface area contributed by atoms with E-state index in [9.17, 15) is 9.18 Å². The summed E-state index contributed by atoms with van der Waals surface area (Å²) in [6.45, 7) is 0. The zero-order chi connectivity index (χ0) is 19.5. The second-order valence-electron chi connectivity index (χ2n) is 5.71. The summed E-state index contributed by atoms with van der Waals surface area (Å²) in [5.74, 6) is -0.753. The van der Waals surface area contributed by atoms with Crippen molar-refractivity contribution in [2.75, 3.05) is 11.6 Å². The van der Waals surface area contributed by atoms with Crippen LogP contribution in [-0.4, -0.2) is 42.2 Å². The first-order valence-corrected chi connectivity index (χ1v) is 9.42. The molecule has 0 bridgehead atoms. The molecule has 0 saturated carbocycles. The van der Waals surface area contributed by atoms with Crippen LogP contribution in [0, 0.1) is 5.82 Å². The predicted molar refractivity (Wildman–Crippen MR) is 102 cm³/mol. The summed E-state index contributed by atoms with van der Waals surface area (Å²) in [6, 6.07) is 14.7. The Morgan fingerprint density at radius 2 is 1.93 bits per heavy atom. The number of halogens is 1. The van der Waals surface area contributed by atoms with E-state index in [1.165, 1.54) is 28.6 Å². The predicted octanol–water partition coefficient (Wildman–Crippen LogP) is 2.96. The van der Waals surface area contributed by atoms with Crippen molar-refractivity contribution in [1.82, 2.24) is 30.0 Å². The number of anilines is 1. The highest BCUT2D eigenvalue weighted by molar-refractivity contribution is 7.98. The van der Waals surface area contributed by atoms with Gasteiger partial charge in [-0.05, 0) is 59.1 Å². The number of tetrazole rings is 1. The van der Waals surface area contributed by atoms with Crippen LogP contribution in [0.15, 0.2) is 66.0 Å². The molecule has 0 atom stereocenters. The van der Waals surface area contributed by atoms with Crippen LogP contribution >= 0.6 is 11.8 Å². The van der Waals surface area contributed by atoms with Gasteiger partial charge in [0, 0.05) is 11.9 Å². The van der Waals surface area contributed by atoms with Crippen LogP contribution in [0.3, 0.4) is 0 Å². The van der Waals surface area contributed by atoms with Crippen LogP contribution in [0.2, 0.25) is 0 Å². The molecule has 0 fully saturated rings. The van der Waals surface area contributed by atoms with Crippen LogP contribution < -0.4 is 5.32 Å². The highest BCUT2D eigenvalue weighted by atomic mass is 32.2. The SMILES string of the molecule is CSc1nnnn1-c1cccc(NC(=O)c2ccn(-c3cccc(F)c3)n2)c1. The van der Waals surface area contributed by atoms with Gasteiger partial charge in [-0.25, -0.2) is 9.07 Å². The molecule has 0 spiro atoms. The molecule has 1 N–H and O–H groups in total. The third-order valence-corrected chi connectivity index (χ3v) is 4.49. The Hall–Kier alpha value is -3.53. The van der Waals surface area contributed by atoms with E-state index in [4.69, 9.17) is 0 Å². The van der Waals surface area contributed by atoms with E-state index in [1.807, 2.05) is 12.3 Å². The molecule has 0 aliphatic carbocycles. The number of rotatable bonds is 5. The third-order valence-electron chi connectivity index (χ3n) is 3.87. The molecule has 4 rings (SSSR count). The Balaban J connectivity index is 1.54. The zero-order valence-electron chi connectivity index (χ0n) is 14.7. The number of hydrogen-bond acceptors (Lipinski definition) is 6. The van der Waals surface area contributed by atoms with Gasteiger partial charge in [0.1, 0.15) is 5.82 Å². The quantitative estimate of drug-likeness (QED) is 0.523. The average Bonchev–Trinajstić information content (AvgIpc) is 3.38. The Bertz CT molecular complexity index is 1140. The van der Waals surface area contributed by atoms with E-state index in [0.29, 0.717) is 16.5 Å². The first-order chi connectivity index (χ1) is 13.6. The minimum absolute atomic E-state index is 0.210. The van der Waals surface area contributed by atoms with Crippen molar-refractivity contribution >= 4 is 23.4 Å². The molecule has 8 nitrogen and oxygen atoms in total. The van der Waals surface area contributed by atoms with Crippen LogP contribution in [0.25, 0.3) is 11.4 Å². The Labute approximate surface area is 163 Å². The van der Waals surface area contributed by atoms with E-state index in [-0.39, 0.29) is 17.4 Å². The number of hydrogen-bond donors (Lipinski definition) is 1. The molecular formula is C18H14FN7OS. The molecule has 140 valence electrons. The molecular weight excluding hydrogens is 381 g/mol. The second-order valence-corrected chi connectivity index (χ2v) is 6.48. The highest BCUT2D eigenvalue weighted by Crippen LogP contribution is 2.19. The molecule has 0 saturated heterocycles. The lowest BCUT2D eigenvalue weighted by atomic mass is 10.2. The summed E-state index contributed by atoms with van der Waals surface area (Å²) in [6.07, 6.45) is 3.48. The summed E-state index contributed by atoms with van der Waals surface area (Å²) in [4.78, 5) is 12.5. The van der Waals surface area contributed by atoms with E-state index >= 15 is 0 Å². The minimum Gasteiger partial charge on any atom is -0.321 e. The van der Waals surface area contributed by atoms with Gasteiger partial charge in [-0.15, -0.1) is 5.10 Å². The normalized spacial score (nSPS) is 10.8. The van der Waals surface area contributed by atoms with Gasteiger partial charge in [0.25, 0.3) is 5.91 Å². The number of nitrogens with zero attached hydrogens (tertiary/aromatic N) is 6. The van der Waals surface area contributed by atoms with Gasteiger partial charge < -0.3 is 5.32 Å². The highest BCUT2D eigenvalue weighted by Gasteiger charge is 2.12. The molecule has 2 heterocycles. The van der Waals surface area contributed by atoms with E-state index < -0.39 is 0 Å². The smallest absolute Gasteiger partial charge is 0.276 e. The minimum atomic E-state index is -0.380. The van der Waals surface area contributed by atoms with Crippen LogP contribution in [0.4, 0.5) is 10.1 Å². The van der Waals surface area contributed by atoms with Crippen LogP contribution in [0.1, 0.15) is 10.5 Å². The molecule has 0 aliphatic heterocycles. The van der Waals surface area contributed by atoms with Crippen molar-refractivity contribution in [2.45, 2.75) is 5.16 Å². The number of nitrogens with one attached hydrogen (secondary N) is 1. The lowest BCUT2D eigenvalue weighted by Crippen LogP contribution is -2.13. The summed E-state index contributed by atoms with van der Waals surface area (Å²) >= 11 is 1.42. The average molecular weight is 395 g/mol. The van der Waals surface area contributed by atoms with Crippen molar-refractivity contribution in [3.05, 3.63) is 72.3 Å². The standard InChI is InChI=1S/C18H14FN7OS/c1-28-18-21-23-24-26(18)15-7-3-5-13(11-15)20-17(27)16-8-9-25(22-16)14-6-2-4-12(19)10-14/h2-11H,1H3,(H,20,27). The number of carbonyl (C=O) groups is 1. The topological polar surface area (TPSA) is 90.5 Å². The van der Waals surface area contributed by atoms with E-state index in [1.54, 1.807) is 47.3 Å². The van der Waals surface area contributed by atoms with Gasteiger partial charge in [-0.1, -0.05) is 23.9 Å². The summed E-state index contributed by atoms with van der Waals surface area (Å²) in [7, 11) is 0. The fraction of sp³-hybridized carbons (Fsp3) is 0.0556. The zero-order valence-corrected chi connectivity index (χ0v) is 15.5. The van der Waals surface area contributed by atoms with Crippen molar-refractivity contribution in [3.8, 4) is 11.4 Å². The largest absolute Gasteiger partial charge is 0.321 e. The van der Waals surface area contributed by atoms with Crippen LogP contribution in [-0.2, 0) is 0 Å². The molecule has 2 aromatic carbocycles. The van der Waals surface area contributed by atoms with Gasteiger partial charge >= 0.3 is 0 Å². The van der Waals surface area contributed by atoms with Crippen molar-refractivity contribution in [1.29, 1.82) is 0 Å². The molecule has 10 heteroatoms. The number of amides is 1. The summed E-state index contributed by atoms with van der Waals surface area (Å²) in [5.41, 5.74) is 2.04. The van der Waals surface area contributed by atoms with Gasteiger partial charge in [-0.3, -0.25) is 4.79 Å². The summed E-state index contributed by atoms with van der Waals surface area (Å²) < 4.78 is 16.4. The third kappa shape index (κ3) is 3.62. The molecule has 0 aliphatic rings. The molecule has 0 radical (unpaired) electrons. The maximum Gasteiger partial charge on any atom is 0.276 e. The maximum absolute atomic E-state index is 13.4. The monoisotopic (exact) mass is 395 g/mol. The van der Waals surface area contributed by atoms with E-state index in [2.05, 4.69) is 25.9 Å². The van der Waals surface area contributed by atoms with Gasteiger partial charge in [-0.2, -0.15) is 9.78 Å².